The van der Waals surface area contributed by atoms with Crippen molar-refractivity contribution in [2.75, 3.05) is 26.8 Å². The lowest BCUT2D eigenvalue weighted by Crippen LogP contribution is -2.27. The van der Waals surface area contributed by atoms with Crippen LogP contribution in [-0.2, 0) is 21.3 Å². The van der Waals surface area contributed by atoms with E-state index in [1.807, 2.05) is 12.4 Å². The van der Waals surface area contributed by atoms with Crippen LogP contribution in [0.4, 0.5) is 0 Å². The SMILES string of the molecule is CNCc1csc(S(=O)(=O)NCCOCC2CC2)c1. The van der Waals surface area contributed by atoms with E-state index in [9.17, 15) is 8.42 Å². The standard InChI is InChI=1S/C12H20N2O3S2/c1-13-7-11-6-12(18-9-11)19(15,16)14-4-5-17-8-10-2-3-10/h6,9-10,13-14H,2-5,7-8H2,1H3. The van der Waals surface area contributed by atoms with Gasteiger partial charge in [-0.1, -0.05) is 0 Å². The number of ether oxygens (including phenoxy) is 1. The Balaban J connectivity index is 1.75. The summed E-state index contributed by atoms with van der Waals surface area (Å²) in [5.41, 5.74) is 0.984. The Bertz CT molecular complexity index is 495. The summed E-state index contributed by atoms with van der Waals surface area (Å²) in [4.78, 5) is 0. The van der Waals surface area contributed by atoms with E-state index >= 15 is 0 Å². The highest BCUT2D eigenvalue weighted by molar-refractivity contribution is 7.91. The molecule has 0 aliphatic heterocycles. The van der Waals surface area contributed by atoms with Crippen LogP contribution in [0.1, 0.15) is 18.4 Å². The zero-order chi connectivity index (χ0) is 13.7. The maximum Gasteiger partial charge on any atom is 0.250 e. The van der Waals surface area contributed by atoms with E-state index in [0.29, 0.717) is 29.8 Å². The lowest BCUT2D eigenvalue weighted by molar-refractivity contribution is 0.129. The molecule has 1 aromatic heterocycles. The highest BCUT2D eigenvalue weighted by atomic mass is 32.2. The first kappa shape index (κ1) is 14.9. The van der Waals surface area contributed by atoms with Gasteiger partial charge in [0.15, 0.2) is 0 Å². The summed E-state index contributed by atoms with van der Waals surface area (Å²) in [7, 11) is -1.55. The summed E-state index contributed by atoms with van der Waals surface area (Å²) >= 11 is 1.24. The van der Waals surface area contributed by atoms with Gasteiger partial charge in [-0.2, -0.15) is 0 Å². The van der Waals surface area contributed by atoms with Gasteiger partial charge in [0.1, 0.15) is 4.21 Å². The van der Waals surface area contributed by atoms with Crippen LogP contribution in [0.3, 0.4) is 0 Å². The number of sulfonamides is 1. The van der Waals surface area contributed by atoms with Gasteiger partial charge >= 0.3 is 0 Å². The van der Waals surface area contributed by atoms with Gasteiger partial charge < -0.3 is 10.1 Å². The number of hydrogen-bond acceptors (Lipinski definition) is 5. The van der Waals surface area contributed by atoms with Crippen molar-refractivity contribution < 1.29 is 13.2 Å². The molecule has 1 aliphatic rings. The Morgan fingerprint density at radius 3 is 2.95 bits per heavy atom. The average molecular weight is 304 g/mol. The Morgan fingerprint density at radius 1 is 1.47 bits per heavy atom. The molecule has 1 aromatic rings. The molecule has 0 radical (unpaired) electrons. The van der Waals surface area contributed by atoms with Crippen molar-refractivity contribution in [2.24, 2.45) is 5.92 Å². The van der Waals surface area contributed by atoms with Gasteiger partial charge in [0.25, 0.3) is 0 Å². The quantitative estimate of drug-likeness (QED) is 0.672. The summed E-state index contributed by atoms with van der Waals surface area (Å²) in [6.45, 7) is 2.20. The molecule has 1 fully saturated rings. The molecule has 0 spiro atoms. The second-order valence-corrected chi connectivity index (χ2v) is 7.63. The fraction of sp³-hybridized carbons (Fsp3) is 0.667. The molecule has 1 saturated carbocycles. The molecule has 1 aliphatic carbocycles. The monoisotopic (exact) mass is 304 g/mol. The summed E-state index contributed by atoms with van der Waals surface area (Å²) in [6, 6.07) is 1.70. The third-order valence-corrected chi connectivity index (χ3v) is 5.81. The van der Waals surface area contributed by atoms with Crippen molar-refractivity contribution in [3.05, 3.63) is 17.0 Å². The van der Waals surface area contributed by atoms with Crippen molar-refractivity contribution >= 4 is 21.4 Å². The molecule has 2 rings (SSSR count). The predicted molar refractivity (Wildman–Crippen MR) is 75.8 cm³/mol. The lowest BCUT2D eigenvalue weighted by Gasteiger charge is -2.05. The summed E-state index contributed by atoms with van der Waals surface area (Å²) < 4.78 is 32.3. The van der Waals surface area contributed by atoms with Crippen LogP contribution in [0, 0.1) is 5.92 Å². The molecule has 7 heteroatoms. The second kappa shape index (κ2) is 6.81. The van der Waals surface area contributed by atoms with Crippen LogP contribution in [0.15, 0.2) is 15.7 Å². The Morgan fingerprint density at radius 2 is 2.26 bits per heavy atom. The average Bonchev–Trinajstić information content (AvgIpc) is 3.06. The van der Waals surface area contributed by atoms with Crippen LogP contribution in [-0.4, -0.2) is 35.2 Å². The number of nitrogens with one attached hydrogen (secondary N) is 2. The van der Waals surface area contributed by atoms with Crippen molar-refractivity contribution in [2.45, 2.75) is 23.6 Å². The maximum atomic E-state index is 12.0. The molecule has 0 amide bonds. The summed E-state index contributed by atoms with van der Waals surface area (Å²) in [6.07, 6.45) is 2.49. The molecule has 0 aromatic carbocycles. The summed E-state index contributed by atoms with van der Waals surface area (Å²) in [5, 5.41) is 4.85. The zero-order valence-electron chi connectivity index (χ0n) is 11.0. The van der Waals surface area contributed by atoms with Crippen LogP contribution < -0.4 is 10.0 Å². The van der Waals surface area contributed by atoms with E-state index in [1.54, 1.807) is 6.07 Å². The molecule has 0 atom stereocenters. The minimum atomic E-state index is -3.38. The van der Waals surface area contributed by atoms with Crippen LogP contribution in [0.5, 0.6) is 0 Å². The molecule has 19 heavy (non-hydrogen) atoms. The highest BCUT2D eigenvalue weighted by Gasteiger charge is 2.21. The highest BCUT2D eigenvalue weighted by Crippen LogP contribution is 2.28. The molecule has 0 unspecified atom stereocenters. The number of rotatable bonds is 9. The minimum absolute atomic E-state index is 0.328. The lowest BCUT2D eigenvalue weighted by atomic mass is 10.3. The van der Waals surface area contributed by atoms with Crippen LogP contribution in [0.2, 0.25) is 0 Å². The van der Waals surface area contributed by atoms with Crippen molar-refractivity contribution in [1.29, 1.82) is 0 Å². The van der Waals surface area contributed by atoms with Gasteiger partial charge in [-0.25, -0.2) is 13.1 Å². The van der Waals surface area contributed by atoms with Crippen LogP contribution >= 0.6 is 11.3 Å². The Hall–Kier alpha value is -0.470. The van der Waals surface area contributed by atoms with Gasteiger partial charge in [0.2, 0.25) is 10.0 Å². The van der Waals surface area contributed by atoms with E-state index in [2.05, 4.69) is 10.0 Å². The third-order valence-electron chi connectivity index (χ3n) is 2.86. The van der Waals surface area contributed by atoms with Gasteiger partial charge in [0, 0.05) is 19.7 Å². The zero-order valence-corrected chi connectivity index (χ0v) is 12.6. The second-order valence-electron chi connectivity index (χ2n) is 4.72. The molecule has 5 nitrogen and oxygen atoms in total. The van der Waals surface area contributed by atoms with E-state index < -0.39 is 10.0 Å². The van der Waals surface area contributed by atoms with Gasteiger partial charge in [-0.3, -0.25) is 0 Å². The van der Waals surface area contributed by atoms with Crippen molar-refractivity contribution in [3.8, 4) is 0 Å². The molecule has 2 N–H and O–H groups in total. The predicted octanol–water partition coefficient (Wildman–Crippen LogP) is 1.17. The van der Waals surface area contributed by atoms with Gasteiger partial charge in [-0.15, -0.1) is 11.3 Å². The summed E-state index contributed by atoms with van der Waals surface area (Å²) in [5.74, 6) is 0.706. The molecule has 1 heterocycles. The third kappa shape index (κ3) is 4.85. The molecule has 108 valence electrons. The van der Waals surface area contributed by atoms with E-state index in [1.165, 1.54) is 24.2 Å². The minimum Gasteiger partial charge on any atom is -0.380 e. The first-order chi connectivity index (χ1) is 9.12. The largest absolute Gasteiger partial charge is 0.380 e. The van der Waals surface area contributed by atoms with Gasteiger partial charge in [0.05, 0.1) is 6.61 Å². The first-order valence-corrected chi connectivity index (χ1v) is 8.77. The number of hydrogen-bond donors (Lipinski definition) is 2. The molecular weight excluding hydrogens is 284 g/mol. The molecular formula is C12H20N2O3S2. The maximum absolute atomic E-state index is 12.0. The fourth-order valence-corrected chi connectivity index (χ4v) is 3.91. The van der Waals surface area contributed by atoms with Crippen LogP contribution in [0.25, 0.3) is 0 Å². The fourth-order valence-electron chi connectivity index (χ4n) is 1.64. The van der Waals surface area contributed by atoms with E-state index in [4.69, 9.17) is 4.74 Å². The van der Waals surface area contributed by atoms with E-state index in [0.717, 1.165) is 12.2 Å². The normalized spacial score (nSPS) is 15.8. The topological polar surface area (TPSA) is 67.4 Å². The number of thiophene rings is 1. The van der Waals surface area contributed by atoms with Gasteiger partial charge in [-0.05, 0) is 42.8 Å². The van der Waals surface area contributed by atoms with E-state index in [-0.39, 0.29) is 0 Å². The Kier molecular flexibility index (Phi) is 5.35. The Labute approximate surface area is 118 Å². The van der Waals surface area contributed by atoms with Crippen molar-refractivity contribution in [1.82, 2.24) is 10.0 Å². The van der Waals surface area contributed by atoms with Crippen molar-refractivity contribution in [3.63, 3.8) is 0 Å². The smallest absolute Gasteiger partial charge is 0.250 e. The first-order valence-electron chi connectivity index (χ1n) is 6.41. The molecule has 0 bridgehead atoms. The molecule has 0 saturated heterocycles.